The van der Waals surface area contributed by atoms with Gasteiger partial charge in [-0.25, -0.2) is 12.8 Å². The Hall–Kier alpha value is -2.78. The summed E-state index contributed by atoms with van der Waals surface area (Å²) in [7, 11) is -4.00. The standard InChI is InChI=1S/C22H26FN3O4S/c1-3-25(16(2)27)15-18-8-4-5-9-20(18)24-22(28)17-10-11-19(23)21(14-17)31(29,30)26-12-6-7-13-26/h4-5,8-11,14H,3,6-7,12-13,15H2,1-2H3,(H,24,28). The van der Waals surface area contributed by atoms with Crippen LogP contribution >= 0.6 is 0 Å². The van der Waals surface area contributed by atoms with E-state index in [0.29, 0.717) is 31.9 Å². The molecule has 1 fully saturated rings. The second kappa shape index (κ2) is 9.57. The van der Waals surface area contributed by atoms with E-state index in [1.54, 1.807) is 29.2 Å². The molecule has 1 N–H and O–H groups in total. The van der Waals surface area contributed by atoms with Crippen molar-refractivity contribution < 1.29 is 22.4 Å². The first-order chi connectivity index (χ1) is 14.7. The van der Waals surface area contributed by atoms with Crippen LogP contribution in [0.15, 0.2) is 47.4 Å². The molecule has 2 aromatic rings. The molecule has 2 amide bonds. The maximum Gasteiger partial charge on any atom is 0.255 e. The van der Waals surface area contributed by atoms with E-state index in [9.17, 15) is 22.4 Å². The normalized spacial score (nSPS) is 14.4. The van der Waals surface area contributed by atoms with Crippen molar-refractivity contribution in [2.75, 3.05) is 25.0 Å². The number of rotatable bonds is 7. The number of nitrogens with zero attached hydrogens (tertiary/aromatic N) is 2. The Kier molecular flexibility index (Phi) is 7.07. The van der Waals surface area contributed by atoms with Crippen molar-refractivity contribution in [3.63, 3.8) is 0 Å². The topological polar surface area (TPSA) is 86.8 Å². The van der Waals surface area contributed by atoms with E-state index in [2.05, 4.69) is 5.32 Å². The SMILES string of the molecule is CCN(Cc1ccccc1NC(=O)c1ccc(F)c(S(=O)(=O)N2CCCC2)c1)C(C)=O. The molecular weight excluding hydrogens is 421 g/mol. The third kappa shape index (κ3) is 5.11. The van der Waals surface area contributed by atoms with E-state index in [4.69, 9.17) is 0 Å². The van der Waals surface area contributed by atoms with Crippen LogP contribution in [-0.4, -0.2) is 49.1 Å². The number of nitrogens with one attached hydrogen (secondary N) is 1. The van der Waals surface area contributed by atoms with Gasteiger partial charge in [0.15, 0.2) is 0 Å². The van der Waals surface area contributed by atoms with Gasteiger partial charge < -0.3 is 10.2 Å². The summed E-state index contributed by atoms with van der Waals surface area (Å²) in [6.07, 6.45) is 1.46. The average molecular weight is 448 g/mol. The van der Waals surface area contributed by atoms with Gasteiger partial charge >= 0.3 is 0 Å². The van der Waals surface area contributed by atoms with Gasteiger partial charge in [0, 0.05) is 44.4 Å². The molecule has 2 aromatic carbocycles. The monoisotopic (exact) mass is 447 g/mol. The third-order valence-electron chi connectivity index (χ3n) is 5.33. The van der Waals surface area contributed by atoms with Gasteiger partial charge in [-0.3, -0.25) is 9.59 Å². The van der Waals surface area contributed by atoms with E-state index in [0.717, 1.165) is 30.5 Å². The lowest BCUT2D eigenvalue weighted by atomic mass is 10.1. The van der Waals surface area contributed by atoms with Gasteiger partial charge in [-0.1, -0.05) is 18.2 Å². The van der Waals surface area contributed by atoms with Crippen LogP contribution in [0.2, 0.25) is 0 Å². The Morgan fingerprint density at radius 1 is 1.13 bits per heavy atom. The lowest BCUT2D eigenvalue weighted by molar-refractivity contribution is -0.129. The molecular formula is C22H26FN3O4S. The zero-order valence-electron chi connectivity index (χ0n) is 17.6. The molecule has 1 heterocycles. The Balaban J connectivity index is 1.86. The maximum absolute atomic E-state index is 14.4. The molecule has 9 heteroatoms. The van der Waals surface area contributed by atoms with Gasteiger partial charge in [0.1, 0.15) is 10.7 Å². The Morgan fingerprint density at radius 3 is 2.45 bits per heavy atom. The average Bonchev–Trinajstić information content (AvgIpc) is 3.29. The lowest BCUT2D eigenvalue weighted by Gasteiger charge is -2.21. The summed E-state index contributed by atoms with van der Waals surface area (Å²) in [4.78, 5) is 25.7. The van der Waals surface area contributed by atoms with E-state index in [1.807, 2.05) is 6.92 Å². The van der Waals surface area contributed by atoms with E-state index >= 15 is 0 Å². The molecule has 3 rings (SSSR count). The molecule has 0 atom stereocenters. The van der Waals surface area contributed by atoms with Crippen LogP contribution in [0.3, 0.4) is 0 Å². The van der Waals surface area contributed by atoms with Gasteiger partial charge in [-0.15, -0.1) is 0 Å². The highest BCUT2D eigenvalue weighted by atomic mass is 32.2. The second-order valence-corrected chi connectivity index (χ2v) is 9.31. The first-order valence-corrected chi connectivity index (χ1v) is 11.6. The summed E-state index contributed by atoms with van der Waals surface area (Å²) in [6, 6.07) is 10.4. The molecule has 1 saturated heterocycles. The van der Waals surface area contributed by atoms with Crippen molar-refractivity contribution in [2.24, 2.45) is 0 Å². The fourth-order valence-corrected chi connectivity index (χ4v) is 5.14. The molecule has 0 spiro atoms. The predicted molar refractivity (Wildman–Crippen MR) is 116 cm³/mol. The van der Waals surface area contributed by atoms with Crippen LogP contribution in [0.25, 0.3) is 0 Å². The van der Waals surface area contributed by atoms with E-state index < -0.39 is 26.6 Å². The molecule has 7 nitrogen and oxygen atoms in total. The number of halogens is 1. The number of sulfonamides is 1. The highest BCUT2D eigenvalue weighted by Gasteiger charge is 2.30. The van der Waals surface area contributed by atoms with Crippen LogP contribution in [0.4, 0.5) is 10.1 Å². The minimum absolute atomic E-state index is 0.0351. The van der Waals surface area contributed by atoms with Gasteiger partial charge in [0.05, 0.1) is 0 Å². The van der Waals surface area contributed by atoms with Crippen molar-refractivity contribution in [3.05, 3.63) is 59.4 Å². The largest absolute Gasteiger partial charge is 0.339 e. The van der Waals surface area contributed by atoms with E-state index in [1.165, 1.54) is 17.3 Å². The van der Waals surface area contributed by atoms with Gasteiger partial charge in [-0.2, -0.15) is 4.31 Å². The van der Waals surface area contributed by atoms with Crippen molar-refractivity contribution in [1.29, 1.82) is 0 Å². The van der Waals surface area contributed by atoms with Gasteiger partial charge in [0.2, 0.25) is 15.9 Å². The zero-order valence-corrected chi connectivity index (χ0v) is 18.4. The lowest BCUT2D eigenvalue weighted by Crippen LogP contribution is -2.29. The number of para-hydroxylation sites is 1. The minimum Gasteiger partial charge on any atom is -0.339 e. The molecule has 1 aliphatic heterocycles. The van der Waals surface area contributed by atoms with Crippen molar-refractivity contribution in [3.8, 4) is 0 Å². The quantitative estimate of drug-likeness (QED) is 0.706. The van der Waals surface area contributed by atoms with Crippen LogP contribution in [-0.2, 0) is 21.4 Å². The number of hydrogen-bond acceptors (Lipinski definition) is 4. The molecule has 31 heavy (non-hydrogen) atoms. The summed E-state index contributed by atoms with van der Waals surface area (Å²) >= 11 is 0. The number of carbonyl (C=O) groups excluding carboxylic acids is 2. The summed E-state index contributed by atoms with van der Waals surface area (Å²) in [5.41, 5.74) is 1.27. The van der Waals surface area contributed by atoms with Crippen molar-refractivity contribution in [1.82, 2.24) is 9.21 Å². The third-order valence-corrected chi connectivity index (χ3v) is 7.24. The second-order valence-electron chi connectivity index (χ2n) is 7.40. The smallest absolute Gasteiger partial charge is 0.255 e. The van der Waals surface area contributed by atoms with E-state index in [-0.39, 0.29) is 11.5 Å². The highest BCUT2D eigenvalue weighted by Crippen LogP contribution is 2.25. The van der Waals surface area contributed by atoms with Crippen molar-refractivity contribution in [2.45, 2.75) is 38.1 Å². The number of carbonyl (C=O) groups is 2. The maximum atomic E-state index is 14.4. The molecule has 0 aromatic heterocycles. The summed E-state index contributed by atoms with van der Waals surface area (Å²) in [5, 5.41) is 2.76. The first-order valence-electron chi connectivity index (χ1n) is 10.2. The summed E-state index contributed by atoms with van der Waals surface area (Å²) < 4.78 is 41.2. The first kappa shape index (κ1) is 22.9. The number of amides is 2. The van der Waals surface area contributed by atoms with Crippen LogP contribution in [0, 0.1) is 5.82 Å². The van der Waals surface area contributed by atoms with Crippen molar-refractivity contribution >= 4 is 27.5 Å². The number of benzene rings is 2. The molecule has 1 aliphatic rings. The minimum atomic E-state index is -4.00. The Labute approximate surface area is 181 Å². The fourth-order valence-electron chi connectivity index (χ4n) is 3.54. The van der Waals surface area contributed by atoms with Gasteiger partial charge in [-0.05, 0) is 49.6 Å². The Morgan fingerprint density at radius 2 is 1.81 bits per heavy atom. The highest BCUT2D eigenvalue weighted by molar-refractivity contribution is 7.89. The predicted octanol–water partition coefficient (Wildman–Crippen LogP) is 3.23. The van der Waals surface area contributed by atoms with Gasteiger partial charge in [0.25, 0.3) is 5.91 Å². The molecule has 166 valence electrons. The molecule has 0 unspecified atom stereocenters. The molecule has 0 bridgehead atoms. The number of hydrogen-bond donors (Lipinski definition) is 1. The fraction of sp³-hybridized carbons (Fsp3) is 0.364. The Bertz CT molecular complexity index is 1080. The molecule has 0 saturated carbocycles. The van der Waals surface area contributed by atoms with Crippen LogP contribution < -0.4 is 5.32 Å². The van der Waals surface area contributed by atoms with Crippen LogP contribution in [0.5, 0.6) is 0 Å². The number of anilines is 1. The molecule has 0 aliphatic carbocycles. The zero-order chi connectivity index (χ0) is 22.6. The summed E-state index contributed by atoms with van der Waals surface area (Å²) in [6.45, 7) is 4.87. The molecule has 0 radical (unpaired) electrons. The summed E-state index contributed by atoms with van der Waals surface area (Å²) in [5.74, 6) is -1.53. The van der Waals surface area contributed by atoms with Crippen LogP contribution in [0.1, 0.15) is 42.6 Å².